The zero-order valence-electron chi connectivity index (χ0n) is 14.5. The summed E-state index contributed by atoms with van der Waals surface area (Å²) in [7, 11) is 1.74. The van der Waals surface area contributed by atoms with Gasteiger partial charge in [0.2, 0.25) is 11.9 Å². The number of hydrogen-bond donors (Lipinski definition) is 0. The number of amides is 3. The third-order valence-corrected chi connectivity index (χ3v) is 4.73. The third-order valence-electron chi connectivity index (χ3n) is 4.73. The fourth-order valence-electron chi connectivity index (χ4n) is 3.15. The molecule has 1 saturated heterocycles. The largest absolute Gasteiger partial charge is 0.337 e. The summed E-state index contributed by atoms with van der Waals surface area (Å²) in [6.07, 6.45) is 2.12. The van der Waals surface area contributed by atoms with Gasteiger partial charge in [0, 0.05) is 58.1 Å². The predicted octanol–water partition coefficient (Wildman–Crippen LogP) is 0.579. The van der Waals surface area contributed by atoms with Crippen LogP contribution in [0.4, 0.5) is 16.6 Å². The average Bonchev–Trinajstić information content (AvgIpc) is 2.90. The summed E-state index contributed by atoms with van der Waals surface area (Å²) in [5.41, 5.74) is 0.876. The predicted molar refractivity (Wildman–Crippen MR) is 91.2 cm³/mol. The second-order valence-electron chi connectivity index (χ2n) is 6.08. The summed E-state index contributed by atoms with van der Waals surface area (Å²) in [6, 6.07) is 0.0971. The van der Waals surface area contributed by atoms with Crippen molar-refractivity contribution in [2.75, 3.05) is 56.1 Å². The molecule has 0 saturated carbocycles. The minimum absolute atomic E-state index is 0.0473. The molecule has 0 spiro atoms. The van der Waals surface area contributed by atoms with Crippen LogP contribution < -0.4 is 9.80 Å². The van der Waals surface area contributed by atoms with Crippen LogP contribution in [0.5, 0.6) is 0 Å². The number of anilines is 2. The van der Waals surface area contributed by atoms with E-state index in [2.05, 4.69) is 14.9 Å². The number of carbonyl (C=O) groups is 2. The van der Waals surface area contributed by atoms with Gasteiger partial charge in [-0.05, 0) is 13.8 Å². The number of carbonyl (C=O) groups excluding carboxylic acids is 2. The molecule has 1 aromatic rings. The standard InChI is InChI=1S/C16H24N6O2/c1-4-20(5-2)16(24)22-8-6-21(7-9-22)15-17-11-12-10-13(23)19(3)14(12)18-15/h11H,4-10H2,1-3H3. The number of urea groups is 1. The molecule has 0 atom stereocenters. The molecule has 3 heterocycles. The van der Waals surface area contributed by atoms with E-state index in [0.29, 0.717) is 44.4 Å². The molecule has 0 aromatic carbocycles. The Balaban J connectivity index is 1.66. The Morgan fingerprint density at radius 1 is 1.21 bits per heavy atom. The van der Waals surface area contributed by atoms with Gasteiger partial charge < -0.3 is 14.7 Å². The number of fused-ring (bicyclic) bond motifs is 1. The molecule has 0 bridgehead atoms. The summed E-state index contributed by atoms with van der Waals surface area (Å²) in [6.45, 7) is 8.15. The van der Waals surface area contributed by atoms with Crippen molar-refractivity contribution in [3.63, 3.8) is 0 Å². The highest BCUT2D eigenvalue weighted by molar-refractivity contribution is 5.99. The maximum Gasteiger partial charge on any atom is 0.320 e. The van der Waals surface area contributed by atoms with Crippen LogP contribution in [0.15, 0.2) is 6.20 Å². The van der Waals surface area contributed by atoms with E-state index in [4.69, 9.17) is 0 Å². The van der Waals surface area contributed by atoms with E-state index in [1.54, 1.807) is 18.1 Å². The summed E-state index contributed by atoms with van der Waals surface area (Å²) < 4.78 is 0. The zero-order valence-corrected chi connectivity index (χ0v) is 14.5. The Hall–Kier alpha value is -2.38. The van der Waals surface area contributed by atoms with E-state index in [-0.39, 0.29) is 11.9 Å². The van der Waals surface area contributed by atoms with Crippen LogP contribution in [-0.2, 0) is 11.2 Å². The fraction of sp³-hybridized carbons (Fsp3) is 0.625. The lowest BCUT2D eigenvalue weighted by atomic mass is 10.3. The minimum Gasteiger partial charge on any atom is -0.337 e. The number of piperazine rings is 1. The molecule has 24 heavy (non-hydrogen) atoms. The fourth-order valence-corrected chi connectivity index (χ4v) is 3.15. The Labute approximate surface area is 142 Å². The number of rotatable bonds is 3. The van der Waals surface area contributed by atoms with E-state index in [0.717, 1.165) is 18.7 Å². The van der Waals surface area contributed by atoms with Crippen LogP contribution >= 0.6 is 0 Å². The summed E-state index contributed by atoms with van der Waals surface area (Å²) in [4.78, 5) is 40.5. The van der Waals surface area contributed by atoms with Gasteiger partial charge in [0.15, 0.2) is 0 Å². The van der Waals surface area contributed by atoms with Crippen LogP contribution in [-0.4, -0.2) is 78.0 Å². The number of nitrogens with zero attached hydrogens (tertiary/aromatic N) is 6. The maximum absolute atomic E-state index is 12.4. The molecule has 2 aliphatic rings. The molecule has 0 unspecified atom stereocenters. The summed E-state index contributed by atoms with van der Waals surface area (Å²) in [5.74, 6) is 1.38. The lowest BCUT2D eigenvalue weighted by Crippen LogP contribution is -2.53. The SMILES string of the molecule is CCN(CC)C(=O)N1CCN(c2ncc3c(n2)N(C)C(=O)C3)CC1. The van der Waals surface area contributed by atoms with Crippen molar-refractivity contribution in [1.82, 2.24) is 19.8 Å². The van der Waals surface area contributed by atoms with Crippen molar-refractivity contribution in [1.29, 1.82) is 0 Å². The highest BCUT2D eigenvalue weighted by Gasteiger charge is 2.29. The molecule has 3 rings (SSSR count). The summed E-state index contributed by atoms with van der Waals surface area (Å²) in [5, 5.41) is 0. The average molecular weight is 332 g/mol. The molecule has 130 valence electrons. The van der Waals surface area contributed by atoms with Gasteiger partial charge in [-0.25, -0.2) is 9.78 Å². The van der Waals surface area contributed by atoms with Gasteiger partial charge in [0.25, 0.3) is 0 Å². The normalized spacial score (nSPS) is 17.3. The molecule has 3 amide bonds. The monoisotopic (exact) mass is 332 g/mol. The first-order valence-electron chi connectivity index (χ1n) is 8.46. The van der Waals surface area contributed by atoms with E-state index in [1.165, 1.54) is 0 Å². The molecule has 8 heteroatoms. The molecular weight excluding hydrogens is 308 g/mol. The third kappa shape index (κ3) is 2.88. The molecule has 0 N–H and O–H groups in total. The van der Waals surface area contributed by atoms with Gasteiger partial charge in [0.1, 0.15) is 5.82 Å². The van der Waals surface area contributed by atoms with E-state index in [1.807, 2.05) is 23.6 Å². The highest BCUT2D eigenvalue weighted by atomic mass is 16.2. The first-order valence-corrected chi connectivity index (χ1v) is 8.46. The van der Waals surface area contributed by atoms with Crippen molar-refractivity contribution in [3.05, 3.63) is 11.8 Å². The molecule has 0 aliphatic carbocycles. The van der Waals surface area contributed by atoms with Crippen LogP contribution in [0.25, 0.3) is 0 Å². The van der Waals surface area contributed by atoms with Gasteiger partial charge in [-0.3, -0.25) is 9.69 Å². The van der Waals surface area contributed by atoms with Crippen molar-refractivity contribution in [2.45, 2.75) is 20.3 Å². The van der Waals surface area contributed by atoms with Crippen molar-refractivity contribution < 1.29 is 9.59 Å². The molecule has 1 aromatic heterocycles. The smallest absolute Gasteiger partial charge is 0.320 e. The van der Waals surface area contributed by atoms with E-state index in [9.17, 15) is 9.59 Å². The van der Waals surface area contributed by atoms with Crippen molar-refractivity contribution in [3.8, 4) is 0 Å². The van der Waals surface area contributed by atoms with Crippen LogP contribution in [0, 0.1) is 0 Å². The number of hydrogen-bond acceptors (Lipinski definition) is 5. The van der Waals surface area contributed by atoms with Gasteiger partial charge in [0.05, 0.1) is 6.42 Å². The number of likely N-dealkylation sites (N-methyl/N-ethyl adjacent to an activating group) is 1. The molecule has 2 aliphatic heterocycles. The molecule has 1 fully saturated rings. The lowest BCUT2D eigenvalue weighted by molar-refractivity contribution is -0.117. The molecule has 0 radical (unpaired) electrons. The van der Waals surface area contributed by atoms with Crippen molar-refractivity contribution >= 4 is 23.7 Å². The Morgan fingerprint density at radius 2 is 1.88 bits per heavy atom. The highest BCUT2D eigenvalue weighted by Crippen LogP contribution is 2.26. The topological polar surface area (TPSA) is 72.9 Å². The first kappa shape index (κ1) is 16.5. The first-order chi connectivity index (χ1) is 11.5. The number of aromatic nitrogens is 2. The van der Waals surface area contributed by atoms with Gasteiger partial charge in [-0.15, -0.1) is 0 Å². The van der Waals surface area contributed by atoms with Gasteiger partial charge in [-0.1, -0.05) is 0 Å². The summed E-state index contributed by atoms with van der Waals surface area (Å²) >= 11 is 0. The Bertz CT molecular complexity index is 637. The molecule has 8 nitrogen and oxygen atoms in total. The Morgan fingerprint density at radius 3 is 2.50 bits per heavy atom. The van der Waals surface area contributed by atoms with Crippen molar-refractivity contribution in [2.24, 2.45) is 0 Å². The Kier molecular flexibility index (Phi) is 4.55. The van der Waals surface area contributed by atoms with E-state index >= 15 is 0 Å². The second kappa shape index (κ2) is 6.62. The van der Waals surface area contributed by atoms with Gasteiger partial charge in [-0.2, -0.15) is 4.98 Å². The van der Waals surface area contributed by atoms with Gasteiger partial charge >= 0.3 is 6.03 Å². The second-order valence-corrected chi connectivity index (χ2v) is 6.08. The zero-order chi connectivity index (χ0) is 17.3. The quantitative estimate of drug-likeness (QED) is 0.809. The van der Waals surface area contributed by atoms with Crippen LogP contribution in [0.2, 0.25) is 0 Å². The minimum atomic E-state index is 0.0473. The van der Waals surface area contributed by atoms with Crippen LogP contribution in [0.1, 0.15) is 19.4 Å². The van der Waals surface area contributed by atoms with E-state index < -0.39 is 0 Å². The maximum atomic E-state index is 12.4. The van der Waals surface area contributed by atoms with Crippen LogP contribution in [0.3, 0.4) is 0 Å². The lowest BCUT2D eigenvalue weighted by Gasteiger charge is -2.37. The molecular formula is C16H24N6O2.